The predicted molar refractivity (Wildman–Crippen MR) is 62.7 cm³/mol. The molecule has 3 nitrogen and oxygen atoms in total. The molecule has 0 aliphatic carbocycles. The lowest BCUT2D eigenvalue weighted by atomic mass is 10.1. The molecule has 82 valence electrons. The van der Waals surface area contributed by atoms with Gasteiger partial charge in [0.15, 0.2) is 0 Å². The second-order valence-electron chi connectivity index (χ2n) is 4.50. The third-order valence-electron chi connectivity index (χ3n) is 3.11. The molecule has 16 heavy (non-hydrogen) atoms. The topological polar surface area (TPSA) is 31.9 Å². The minimum absolute atomic E-state index is 0.989. The number of hydrogen-bond acceptors (Lipinski definition) is 2. The Bertz CT molecular complexity index is 464. The highest BCUT2D eigenvalue weighted by Gasteiger charge is 2.20. The molecule has 1 aliphatic heterocycles. The Labute approximate surface area is 95.1 Å². The van der Waals surface area contributed by atoms with Crippen molar-refractivity contribution in [3.05, 3.63) is 52.8 Å². The summed E-state index contributed by atoms with van der Waals surface area (Å²) in [7, 11) is 0. The molecule has 0 saturated carbocycles. The number of benzene rings is 1. The van der Waals surface area contributed by atoms with Crippen LogP contribution in [0.15, 0.2) is 30.5 Å². The average Bonchev–Trinajstić information content (AvgIpc) is 2.81. The number of aromatic amines is 1. The van der Waals surface area contributed by atoms with Crippen molar-refractivity contribution in [3.63, 3.8) is 0 Å². The Hall–Kier alpha value is -1.61. The third kappa shape index (κ3) is 1.74. The van der Waals surface area contributed by atoms with Gasteiger partial charge in [0.25, 0.3) is 0 Å². The minimum atomic E-state index is 0.989. The zero-order valence-electron chi connectivity index (χ0n) is 9.40. The fraction of sp³-hybridized carbons (Fsp3) is 0.308. The zero-order valence-corrected chi connectivity index (χ0v) is 9.40. The summed E-state index contributed by atoms with van der Waals surface area (Å²) in [6.45, 7) is 5.14. The van der Waals surface area contributed by atoms with Gasteiger partial charge in [-0.05, 0) is 12.5 Å². The van der Waals surface area contributed by atoms with Crippen molar-refractivity contribution in [2.75, 3.05) is 0 Å². The Morgan fingerprint density at radius 1 is 1.25 bits per heavy atom. The normalized spacial score (nSPS) is 15.3. The summed E-state index contributed by atoms with van der Waals surface area (Å²) in [6.07, 6.45) is 1.93. The van der Waals surface area contributed by atoms with E-state index in [1.54, 1.807) is 0 Å². The molecule has 2 heterocycles. The van der Waals surface area contributed by atoms with Crippen LogP contribution >= 0.6 is 0 Å². The standard InChI is InChI=1S/C13H15N3/c1-10-2-4-11(5-3-10)7-16-8-12-6-14-15-13(12)9-16/h2-6H,7-9H2,1H3,(H,14,15). The van der Waals surface area contributed by atoms with Gasteiger partial charge in [-0.25, -0.2) is 0 Å². The molecule has 2 aromatic rings. The first-order valence-electron chi connectivity index (χ1n) is 5.60. The third-order valence-corrected chi connectivity index (χ3v) is 3.11. The van der Waals surface area contributed by atoms with Crippen LogP contribution in [0.2, 0.25) is 0 Å². The largest absolute Gasteiger partial charge is 0.289 e. The van der Waals surface area contributed by atoms with E-state index in [1.165, 1.54) is 22.4 Å². The summed E-state index contributed by atoms with van der Waals surface area (Å²) < 4.78 is 0. The number of fused-ring (bicyclic) bond motifs is 1. The van der Waals surface area contributed by atoms with Gasteiger partial charge in [-0.1, -0.05) is 29.8 Å². The van der Waals surface area contributed by atoms with Crippen LogP contribution in [-0.4, -0.2) is 15.1 Å². The van der Waals surface area contributed by atoms with Crippen LogP contribution in [0.25, 0.3) is 0 Å². The van der Waals surface area contributed by atoms with Gasteiger partial charge in [0.05, 0.1) is 11.9 Å². The summed E-state index contributed by atoms with van der Waals surface area (Å²) in [4.78, 5) is 2.42. The molecule has 3 rings (SSSR count). The molecule has 1 aliphatic rings. The first-order chi connectivity index (χ1) is 7.81. The van der Waals surface area contributed by atoms with Crippen LogP contribution in [0.3, 0.4) is 0 Å². The van der Waals surface area contributed by atoms with Crippen molar-refractivity contribution in [2.45, 2.75) is 26.6 Å². The lowest BCUT2D eigenvalue weighted by molar-refractivity contribution is 0.272. The van der Waals surface area contributed by atoms with Crippen molar-refractivity contribution >= 4 is 0 Å². The molecule has 0 spiro atoms. The summed E-state index contributed by atoms with van der Waals surface area (Å²) in [6, 6.07) is 8.76. The van der Waals surface area contributed by atoms with Gasteiger partial charge in [0.1, 0.15) is 0 Å². The number of aryl methyl sites for hydroxylation is 1. The average molecular weight is 213 g/mol. The molecule has 0 fully saturated rings. The van der Waals surface area contributed by atoms with Crippen molar-refractivity contribution in [1.29, 1.82) is 0 Å². The summed E-state index contributed by atoms with van der Waals surface area (Å²) in [5.74, 6) is 0. The van der Waals surface area contributed by atoms with E-state index in [1.807, 2.05) is 6.20 Å². The Morgan fingerprint density at radius 3 is 2.81 bits per heavy atom. The Morgan fingerprint density at radius 2 is 2.06 bits per heavy atom. The molecular formula is C13H15N3. The maximum Gasteiger partial charge on any atom is 0.0537 e. The molecule has 0 saturated heterocycles. The van der Waals surface area contributed by atoms with Gasteiger partial charge >= 0.3 is 0 Å². The lowest BCUT2D eigenvalue weighted by Gasteiger charge is -2.14. The van der Waals surface area contributed by atoms with Crippen LogP contribution in [0, 0.1) is 6.92 Å². The molecule has 0 amide bonds. The molecular weight excluding hydrogens is 198 g/mol. The quantitative estimate of drug-likeness (QED) is 0.829. The second-order valence-corrected chi connectivity index (χ2v) is 4.50. The lowest BCUT2D eigenvalue weighted by Crippen LogP contribution is -2.16. The van der Waals surface area contributed by atoms with Crippen LogP contribution in [-0.2, 0) is 19.6 Å². The van der Waals surface area contributed by atoms with Crippen molar-refractivity contribution < 1.29 is 0 Å². The Kier molecular flexibility index (Phi) is 2.26. The molecule has 0 bridgehead atoms. The smallest absolute Gasteiger partial charge is 0.0537 e. The van der Waals surface area contributed by atoms with Crippen LogP contribution in [0.4, 0.5) is 0 Å². The zero-order chi connectivity index (χ0) is 11.0. The van der Waals surface area contributed by atoms with Gasteiger partial charge in [0, 0.05) is 25.2 Å². The summed E-state index contributed by atoms with van der Waals surface area (Å²) in [5.41, 5.74) is 5.31. The van der Waals surface area contributed by atoms with Gasteiger partial charge in [0.2, 0.25) is 0 Å². The number of rotatable bonds is 2. The highest BCUT2D eigenvalue weighted by molar-refractivity contribution is 5.24. The maximum atomic E-state index is 4.05. The highest BCUT2D eigenvalue weighted by Crippen LogP contribution is 2.21. The summed E-state index contributed by atoms with van der Waals surface area (Å²) >= 11 is 0. The fourth-order valence-electron chi connectivity index (χ4n) is 2.19. The SMILES string of the molecule is Cc1ccc(CN2Cc3cn[nH]c3C2)cc1. The molecule has 1 N–H and O–H groups in total. The van der Waals surface area contributed by atoms with Gasteiger partial charge in [-0.3, -0.25) is 10.00 Å². The molecule has 0 radical (unpaired) electrons. The minimum Gasteiger partial charge on any atom is -0.289 e. The van der Waals surface area contributed by atoms with Crippen LogP contribution in [0.1, 0.15) is 22.4 Å². The number of hydrogen-bond donors (Lipinski definition) is 1. The van der Waals surface area contributed by atoms with Crippen molar-refractivity contribution in [3.8, 4) is 0 Å². The highest BCUT2D eigenvalue weighted by atomic mass is 15.2. The van der Waals surface area contributed by atoms with E-state index in [0.29, 0.717) is 0 Å². The number of nitrogens with zero attached hydrogens (tertiary/aromatic N) is 2. The van der Waals surface area contributed by atoms with E-state index in [0.717, 1.165) is 19.6 Å². The molecule has 1 aromatic heterocycles. The van der Waals surface area contributed by atoms with Crippen molar-refractivity contribution in [2.24, 2.45) is 0 Å². The van der Waals surface area contributed by atoms with E-state index in [4.69, 9.17) is 0 Å². The monoisotopic (exact) mass is 213 g/mol. The maximum absolute atomic E-state index is 4.05. The predicted octanol–water partition coefficient (Wildman–Crippen LogP) is 2.23. The first kappa shape index (κ1) is 9.60. The van der Waals surface area contributed by atoms with Gasteiger partial charge < -0.3 is 0 Å². The molecule has 1 aromatic carbocycles. The van der Waals surface area contributed by atoms with Crippen molar-refractivity contribution in [1.82, 2.24) is 15.1 Å². The number of H-pyrrole nitrogens is 1. The van der Waals surface area contributed by atoms with E-state index in [2.05, 4.69) is 46.3 Å². The molecule has 0 atom stereocenters. The first-order valence-corrected chi connectivity index (χ1v) is 5.60. The summed E-state index contributed by atoms with van der Waals surface area (Å²) in [5, 5.41) is 7.10. The van der Waals surface area contributed by atoms with E-state index >= 15 is 0 Å². The van der Waals surface area contributed by atoms with E-state index in [9.17, 15) is 0 Å². The second kappa shape index (κ2) is 3.76. The van der Waals surface area contributed by atoms with E-state index in [-0.39, 0.29) is 0 Å². The number of aromatic nitrogens is 2. The van der Waals surface area contributed by atoms with E-state index < -0.39 is 0 Å². The van der Waals surface area contributed by atoms with Crippen LogP contribution in [0.5, 0.6) is 0 Å². The molecule has 0 unspecified atom stereocenters. The van der Waals surface area contributed by atoms with Gasteiger partial charge in [-0.15, -0.1) is 0 Å². The van der Waals surface area contributed by atoms with Crippen LogP contribution < -0.4 is 0 Å². The Balaban J connectivity index is 1.69. The number of nitrogens with one attached hydrogen (secondary N) is 1. The van der Waals surface area contributed by atoms with Gasteiger partial charge in [-0.2, -0.15) is 5.10 Å². The molecule has 3 heteroatoms. The fourth-order valence-corrected chi connectivity index (χ4v) is 2.19.